The zero-order valence-corrected chi connectivity index (χ0v) is 21.5. The summed E-state index contributed by atoms with van der Waals surface area (Å²) in [6, 6.07) is 13.9. The van der Waals surface area contributed by atoms with Crippen molar-refractivity contribution in [1.29, 1.82) is 0 Å². The summed E-state index contributed by atoms with van der Waals surface area (Å²) < 4.78 is 5.61. The minimum absolute atomic E-state index is 0.204. The van der Waals surface area contributed by atoms with Crippen molar-refractivity contribution in [3.8, 4) is 0 Å². The Kier molecular flexibility index (Phi) is 6.56. The number of amides is 4. The van der Waals surface area contributed by atoms with Gasteiger partial charge in [0.15, 0.2) is 0 Å². The number of benzene rings is 2. The zero-order valence-electron chi connectivity index (χ0n) is 21.5. The van der Waals surface area contributed by atoms with E-state index in [1.807, 2.05) is 55.5 Å². The minimum Gasteiger partial charge on any atom is -0.418 e. The molecule has 1 aromatic heterocycles. The highest BCUT2D eigenvalue weighted by Crippen LogP contribution is 2.34. The predicted octanol–water partition coefficient (Wildman–Crippen LogP) is 2.38. The summed E-state index contributed by atoms with van der Waals surface area (Å²) in [4.78, 5) is 53.0. The first-order valence-corrected chi connectivity index (χ1v) is 12.6. The van der Waals surface area contributed by atoms with Crippen LogP contribution < -0.4 is 10.6 Å². The second kappa shape index (κ2) is 9.85. The van der Waals surface area contributed by atoms with Crippen LogP contribution in [0.4, 0.5) is 4.79 Å². The fraction of sp³-hybridized carbons (Fsp3) is 0.357. The Morgan fingerprint density at radius 3 is 2.45 bits per heavy atom. The molecule has 1 spiro atoms. The van der Waals surface area contributed by atoms with Gasteiger partial charge in [-0.2, -0.15) is 0 Å². The van der Waals surface area contributed by atoms with Gasteiger partial charge in [0.2, 0.25) is 17.6 Å². The molecule has 10 heteroatoms. The van der Waals surface area contributed by atoms with Crippen LogP contribution in [-0.4, -0.2) is 56.9 Å². The lowest BCUT2D eigenvalue weighted by atomic mass is 9.96. The first-order chi connectivity index (χ1) is 18.1. The quantitative estimate of drug-likeness (QED) is 0.347. The molecule has 1 saturated heterocycles. The largest absolute Gasteiger partial charge is 0.418 e. The maximum atomic E-state index is 13.3. The van der Waals surface area contributed by atoms with Crippen LogP contribution in [0, 0.1) is 12.8 Å². The number of fused-ring (bicyclic) bond motifs is 1. The predicted molar refractivity (Wildman–Crippen MR) is 136 cm³/mol. The number of nitrogens with zero attached hydrogens (tertiary/aromatic N) is 3. The lowest BCUT2D eigenvalue weighted by molar-refractivity contribution is -0.135. The number of Topliss-reactive ketones (excluding diaryl/α,β-unsaturated/α-hetero) is 1. The number of urea groups is 1. The molecule has 0 bridgehead atoms. The smallest absolute Gasteiger partial charge is 0.325 e. The summed E-state index contributed by atoms with van der Waals surface area (Å²) in [6.45, 7) is 5.02. The van der Waals surface area contributed by atoms with Crippen molar-refractivity contribution in [2.24, 2.45) is 5.92 Å². The number of hydrogen-bond acceptors (Lipinski definition) is 7. The van der Waals surface area contributed by atoms with Crippen molar-refractivity contribution < 1.29 is 23.6 Å². The standard InChI is InChI=1S/C28H29N5O5/c1-16(2)23(24(35)25-32-31-22(38-25)12-18-8-6-7-17(3)11-18)29-21(34)15-33-26(36)28(30-27(33)37)13-19-9-4-5-10-20(19)14-28/h4-11,16,23H,12-15H2,1-3H3,(H,29,34)(H,30,37)/t23-/m0/s1. The van der Waals surface area contributed by atoms with Gasteiger partial charge in [0, 0.05) is 12.8 Å². The molecule has 10 nitrogen and oxygen atoms in total. The highest BCUT2D eigenvalue weighted by Gasteiger charge is 2.54. The maximum absolute atomic E-state index is 13.3. The Morgan fingerprint density at radius 1 is 1.08 bits per heavy atom. The van der Waals surface area contributed by atoms with E-state index in [1.54, 1.807) is 13.8 Å². The fourth-order valence-electron chi connectivity index (χ4n) is 5.13. The van der Waals surface area contributed by atoms with Crippen LogP contribution in [0.1, 0.15) is 52.7 Å². The molecule has 0 unspecified atom stereocenters. The Morgan fingerprint density at radius 2 is 1.79 bits per heavy atom. The zero-order chi connectivity index (χ0) is 27.0. The first kappa shape index (κ1) is 25.3. The molecule has 5 rings (SSSR count). The number of rotatable bonds is 8. The SMILES string of the molecule is Cc1cccc(Cc2nnc(C(=O)[C@@H](NC(=O)CN3C(=O)NC4(Cc5ccccc5C4)C3=O)C(C)C)o2)c1. The van der Waals surface area contributed by atoms with Gasteiger partial charge in [-0.1, -0.05) is 67.9 Å². The number of carbonyl (C=O) groups is 4. The third kappa shape index (κ3) is 4.81. The monoisotopic (exact) mass is 515 g/mol. The Hall–Kier alpha value is -4.34. The summed E-state index contributed by atoms with van der Waals surface area (Å²) in [5, 5.41) is 13.3. The van der Waals surface area contributed by atoms with Crippen molar-refractivity contribution in [1.82, 2.24) is 25.7 Å². The normalized spacial score (nSPS) is 16.6. The molecule has 4 amide bonds. The van der Waals surface area contributed by atoms with Gasteiger partial charge in [-0.05, 0) is 29.5 Å². The van der Waals surface area contributed by atoms with Crippen LogP contribution >= 0.6 is 0 Å². The van der Waals surface area contributed by atoms with Crippen molar-refractivity contribution in [3.05, 3.63) is 82.6 Å². The van der Waals surface area contributed by atoms with Crippen molar-refractivity contribution in [2.75, 3.05) is 6.54 Å². The van der Waals surface area contributed by atoms with E-state index >= 15 is 0 Å². The van der Waals surface area contributed by atoms with Crippen LogP contribution in [0.25, 0.3) is 0 Å². The molecule has 2 aliphatic rings. The van der Waals surface area contributed by atoms with E-state index in [2.05, 4.69) is 20.8 Å². The van der Waals surface area contributed by atoms with Gasteiger partial charge < -0.3 is 15.1 Å². The molecule has 1 aliphatic carbocycles. The minimum atomic E-state index is -1.08. The summed E-state index contributed by atoms with van der Waals surface area (Å²) in [5.41, 5.74) is 2.98. The van der Waals surface area contributed by atoms with Crippen molar-refractivity contribution >= 4 is 23.6 Å². The van der Waals surface area contributed by atoms with E-state index in [0.29, 0.717) is 19.3 Å². The van der Waals surface area contributed by atoms with E-state index in [4.69, 9.17) is 4.42 Å². The molecule has 1 aliphatic heterocycles. The second-order valence-corrected chi connectivity index (χ2v) is 10.3. The molecule has 1 atom stereocenters. The third-order valence-electron chi connectivity index (χ3n) is 7.03. The van der Waals surface area contributed by atoms with Crippen LogP contribution in [0.5, 0.6) is 0 Å². The van der Waals surface area contributed by atoms with Crippen molar-refractivity contribution in [3.63, 3.8) is 0 Å². The van der Waals surface area contributed by atoms with Gasteiger partial charge in [0.05, 0.1) is 12.5 Å². The average Bonchev–Trinajstić information content (AvgIpc) is 3.54. The highest BCUT2D eigenvalue weighted by molar-refractivity contribution is 6.10. The fourth-order valence-corrected chi connectivity index (χ4v) is 5.13. The van der Waals surface area contributed by atoms with Gasteiger partial charge in [-0.15, -0.1) is 10.2 Å². The number of imide groups is 1. The second-order valence-electron chi connectivity index (χ2n) is 10.3. The Labute approximate surface area is 219 Å². The number of hydrogen-bond donors (Lipinski definition) is 2. The number of nitrogens with one attached hydrogen (secondary N) is 2. The van der Waals surface area contributed by atoms with E-state index < -0.39 is 41.8 Å². The molecule has 2 heterocycles. The maximum Gasteiger partial charge on any atom is 0.325 e. The molecule has 196 valence electrons. The molecule has 3 aromatic rings. The number of aromatic nitrogens is 2. The van der Waals surface area contributed by atoms with Crippen LogP contribution in [-0.2, 0) is 28.9 Å². The number of carbonyl (C=O) groups excluding carboxylic acids is 4. The van der Waals surface area contributed by atoms with Gasteiger partial charge in [-0.25, -0.2) is 4.79 Å². The summed E-state index contributed by atoms with van der Waals surface area (Å²) >= 11 is 0. The first-order valence-electron chi connectivity index (χ1n) is 12.6. The van der Waals surface area contributed by atoms with E-state index in [1.165, 1.54) is 0 Å². The van der Waals surface area contributed by atoms with E-state index in [9.17, 15) is 19.2 Å². The Balaban J connectivity index is 1.24. The van der Waals surface area contributed by atoms with Gasteiger partial charge in [-0.3, -0.25) is 19.3 Å². The van der Waals surface area contributed by atoms with Gasteiger partial charge in [0.25, 0.3) is 11.8 Å². The molecule has 0 saturated carbocycles. The molecule has 1 fully saturated rings. The van der Waals surface area contributed by atoms with Crippen LogP contribution in [0.3, 0.4) is 0 Å². The third-order valence-corrected chi connectivity index (χ3v) is 7.03. The van der Waals surface area contributed by atoms with Crippen molar-refractivity contribution in [2.45, 2.75) is 51.6 Å². The van der Waals surface area contributed by atoms with E-state index in [-0.39, 0.29) is 17.7 Å². The summed E-state index contributed by atoms with van der Waals surface area (Å²) in [6.07, 6.45) is 1.13. The molecule has 2 aromatic carbocycles. The highest BCUT2D eigenvalue weighted by atomic mass is 16.4. The number of aryl methyl sites for hydroxylation is 1. The lowest BCUT2D eigenvalue weighted by Crippen LogP contribution is -2.50. The molecular weight excluding hydrogens is 486 g/mol. The summed E-state index contributed by atoms with van der Waals surface area (Å²) in [7, 11) is 0. The van der Waals surface area contributed by atoms with Gasteiger partial charge in [0.1, 0.15) is 12.1 Å². The van der Waals surface area contributed by atoms with E-state index in [0.717, 1.165) is 27.2 Å². The molecular formula is C28H29N5O5. The van der Waals surface area contributed by atoms with Gasteiger partial charge >= 0.3 is 6.03 Å². The molecule has 38 heavy (non-hydrogen) atoms. The number of ketones is 1. The summed E-state index contributed by atoms with van der Waals surface area (Å²) in [5.74, 6) is -1.83. The topological polar surface area (TPSA) is 134 Å². The average molecular weight is 516 g/mol. The molecule has 2 N–H and O–H groups in total. The Bertz CT molecular complexity index is 1400. The molecule has 0 radical (unpaired) electrons. The van der Waals surface area contributed by atoms with Crippen LogP contribution in [0.15, 0.2) is 52.9 Å². The van der Waals surface area contributed by atoms with Crippen LogP contribution in [0.2, 0.25) is 0 Å². The lowest BCUT2D eigenvalue weighted by Gasteiger charge is -2.22.